The molecule has 3 N–H and O–H groups in total. The second-order valence-corrected chi connectivity index (χ2v) is 3.26. The first-order valence-electron chi connectivity index (χ1n) is 4.60. The first-order valence-corrected chi connectivity index (χ1v) is 4.60. The summed E-state index contributed by atoms with van der Waals surface area (Å²) >= 11 is 0. The number of aliphatic hydroxyl groups is 1. The Morgan fingerprint density at radius 2 is 2.40 bits per heavy atom. The number of likely N-dealkylation sites (N-methyl/N-ethyl adjacent to an activating group) is 1. The number of rotatable bonds is 5. The molecule has 1 aromatic heterocycles. The van der Waals surface area contributed by atoms with E-state index in [1.54, 1.807) is 24.3 Å². The molecule has 0 saturated carbocycles. The van der Waals surface area contributed by atoms with Gasteiger partial charge in [-0.2, -0.15) is 4.98 Å². The van der Waals surface area contributed by atoms with Crippen LogP contribution in [0.15, 0.2) is 12.3 Å². The second-order valence-electron chi connectivity index (χ2n) is 3.26. The van der Waals surface area contributed by atoms with Gasteiger partial charge in [0.1, 0.15) is 5.82 Å². The fraction of sp³-hybridized carbons (Fsp3) is 0.556. The molecule has 1 rings (SSSR count). The highest BCUT2D eigenvalue weighted by Crippen LogP contribution is 2.08. The molecule has 1 unspecified atom stereocenters. The number of methoxy groups -OCH3 is 1. The first-order chi connectivity index (χ1) is 7.13. The third kappa shape index (κ3) is 3.69. The van der Waals surface area contributed by atoms with E-state index in [1.807, 2.05) is 7.05 Å². The highest BCUT2D eigenvalue weighted by atomic mass is 16.5. The minimum Gasteiger partial charge on any atom is -0.389 e. The lowest BCUT2D eigenvalue weighted by atomic mass is 10.3. The SMILES string of the molecule is COCC(O)CN(C)c1ccnc(N)n1. The zero-order chi connectivity index (χ0) is 11.3. The van der Waals surface area contributed by atoms with Crippen LogP contribution in [0.1, 0.15) is 0 Å². The lowest BCUT2D eigenvalue weighted by Crippen LogP contribution is -2.32. The van der Waals surface area contributed by atoms with Crippen LogP contribution in [0.25, 0.3) is 0 Å². The number of nitrogen functional groups attached to an aromatic ring is 1. The van der Waals surface area contributed by atoms with E-state index in [1.165, 1.54) is 0 Å². The predicted octanol–water partition coefficient (Wildman–Crippen LogP) is -0.498. The quantitative estimate of drug-likeness (QED) is 0.684. The minimum absolute atomic E-state index is 0.223. The summed E-state index contributed by atoms with van der Waals surface area (Å²) in [7, 11) is 3.37. The summed E-state index contributed by atoms with van der Waals surface area (Å²) in [6.07, 6.45) is 1.04. The maximum Gasteiger partial charge on any atom is 0.221 e. The topological polar surface area (TPSA) is 84.5 Å². The molecule has 0 aromatic carbocycles. The standard InChI is InChI=1S/C9H16N4O2/c1-13(5-7(14)6-15-2)8-3-4-11-9(10)12-8/h3-4,7,14H,5-6H2,1-2H3,(H2,10,11,12). The lowest BCUT2D eigenvalue weighted by Gasteiger charge is -2.21. The minimum atomic E-state index is -0.545. The van der Waals surface area contributed by atoms with Gasteiger partial charge in [0.05, 0.1) is 12.7 Å². The predicted molar refractivity (Wildman–Crippen MR) is 57.6 cm³/mol. The number of aliphatic hydroxyl groups excluding tert-OH is 1. The van der Waals surface area contributed by atoms with Gasteiger partial charge >= 0.3 is 0 Å². The number of aromatic nitrogens is 2. The van der Waals surface area contributed by atoms with Crippen molar-refractivity contribution >= 4 is 11.8 Å². The van der Waals surface area contributed by atoms with Crippen molar-refractivity contribution in [1.29, 1.82) is 0 Å². The summed E-state index contributed by atoms with van der Waals surface area (Å²) in [5, 5.41) is 9.51. The van der Waals surface area contributed by atoms with Gasteiger partial charge in [0.15, 0.2) is 0 Å². The second kappa shape index (κ2) is 5.47. The zero-order valence-corrected chi connectivity index (χ0v) is 8.92. The Morgan fingerprint density at radius 3 is 3.00 bits per heavy atom. The Hall–Kier alpha value is -1.40. The van der Waals surface area contributed by atoms with E-state index in [9.17, 15) is 5.11 Å². The van der Waals surface area contributed by atoms with Crippen LogP contribution in [-0.2, 0) is 4.74 Å². The van der Waals surface area contributed by atoms with E-state index >= 15 is 0 Å². The van der Waals surface area contributed by atoms with E-state index in [0.29, 0.717) is 19.0 Å². The summed E-state index contributed by atoms with van der Waals surface area (Å²) in [5.74, 6) is 0.901. The zero-order valence-electron chi connectivity index (χ0n) is 8.92. The van der Waals surface area contributed by atoms with Crippen molar-refractivity contribution < 1.29 is 9.84 Å². The van der Waals surface area contributed by atoms with Crippen molar-refractivity contribution in [2.45, 2.75) is 6.10 Å². The van der Waals surface area contributed by atoms with Crippen molar-refractivity contribution in [1.82, 2.24) is 9.97 Å². The molecule has 0 aliphatic heterocycles. The van der Waals surface area contributed by atoms with Gasteiger partial charge in [0.25, 0.3) is 0 Å². The average molecular weight is 212 g/mol. The molecule has 0 radical (unpaired) electrons. The molecule has 1 atom stereocenters. The molecular formula is C9H16N4O2. The van der Waals surface area contributed by atoms with Crippen molar-refractivity contribution in [3.8, 4) is 0 Å². The summed E-state index contributed by atoms with van der Waals surface area (Å²) in [6.45, 7) is 0.731. The number of nitrogens with zero attached hydrogens (tertiary/aromatic N) is 3. The van der Waals surface area contributed by atoms with Gasteiger partial charge in [-0.25, -0.2) is 4.98 Å². The van der Waals surface area contributed by atoms with Crippen LogP contribution in [0.5, 0.6) is 0 Å². The third-order valence-corrected chi connectivity index (χ3v) is 1.89. The first kappa shape index (κ1) is 11.7. The van der Waals surface area contributed by atoms with Crippen LogP contribution in [0.4, 0.5) is 11.8 Å². The van der Waals surface area contributed by atoms with Crippen LogP contribution in [0, 0.1) is 0 Å². The van der Waals surface area contributed by atoms with Gasteiger partial charge in [0, 0.05) is 26.9 Å². The molecule has 15 heavy (non-hydrogen) atoms. The van der Waals surface area contributed by atoms with E-state index in [0.717, 1.165) is 0 Å². The maximum absolute atomic E-state index is 9.51. The molecular weight excluding hydrogens is 196 g/mol. The van der Waals surface area contributed by atoms with Crippen molar-refractivity contribution in [3.05, 3.63) is 12.3 Å². The van der Waals surface area contributed by atoms with E-state index in [-0.39, 0.29) is 5.95 Å². The smallest absolute Gasteiger partial charge is 0.221 e. The van der Waals surface area contributed by atoms with E-state index in [2.05, 4.69) is 9.97 Å². The molecule has 0 aliphatic rings. The summed E-state index contributed by atoms with van der Waals surface area (Å²) in [6, 6.07) is 1.73. The average Bonchev–Trinajstić information content (AvgIpc) is 2.18. The molecule has 0 spiro atoms. The number of hydrogen-bond acceptors (Lipinski definition) is 6. The number of anilines is 2. The van der Waals surface area contributed by atoms with Crippen LogP contribution < -0.4 is 10.6 Å². The Morgan fingerprint density at radius 1 is 1.67 bits per heavy atom. The summed E-state index contributed by atoms with van der Waals surface area (Å²) in [5.41, 5.74) is 5.45. The monoisotopic (exact) mass is 212 g/mol. The van der Waals surface area contributed by atoms with Crippen molar-refractivity contribution in [2.24, 2.45) is 0 Å². The highest BCUT2D eigenvalue weighted by Gasteiger charge is 2.09. The fourth-order valence-corrected chi connectivity index (χ4v) is 1.23. The molecule has 6 nitrogen and oxygen atoms in total. The third-order valence-electron chi connectivity index (χ3n) is 1.89. The number of hydrogen-bond donors (Lipinski definition) is 2. The molecule has 0 amide bonds. The molecule has 0 aliphatic carbocycles. The van der Waals surface area contributed by atoms with Crippen LogP contribution >= 0.6 is 0 Å². The van der Waals surface area contributed by atoms with E-state index < -0.39 is 6.10 Å². The summed E-state index contributed by atoms with van der Waals surface area (Å²) in [4.78, 5) is 9.61. The van der Waals surface area contributed by atoms with Crippen molar-refractivity contribution in [2.75, 3.05) is 37.9 Å². The van der Waals surface area contributed by atoms with Crippen LogP contribution in [0.3, 0.4) is 0 Å². The largest absolute Gasteiger partial charge is 0.389 e. The van der Waals surface area contributed by atoms with Crippen LogP contribution in [-0.4, -0.2) is 48.5 Å². The molecule has 0 bridgehead atoms. The van der Waals surface area contributed by atoms with Crippen LogP contribution in [0.2, 0.25) is 0 Å². The van der Waals surface area contributed by atoms with Crippen molar-refractivity contribution in [3.63, 3.8) is 0 Å². The Bertz CT molecular complexity index is 308. The van der Waals surface area contributed by atoms with Gasteiger partial charge in [-0.1, -0.05) is 0 Å². The Kier molecular flexibility index (Phi) is 4.26. The van der Waals surface area contributed by atoms with Gasteiger partial charge in [-0.15, -0.1) is 0 Å². The lowest BCUT2D eigenvalue weighted by molar-refractivity contribution is 0.0694. The number of ether oxygens (including phenoxy) is 1. The maximum atomic E-state index is 9.51. The Labute approximate surface area is 88.7 Å². The highest BCUT2D eigenvalue weighted by molar-refractivity contribution is 5.39. The molecule has 6 heteroatoms. The van der Waals surface area contributed by atoms with Gasteiger partial charge in [-0.3, -0.25) is 0 Å². The van der Waals surface area contributed by atoms with Gasteiger partial charge in [0.2, 0.25) is 5.95 Å². The molecule has 1 heterocycles. The number of nitrogens with two attached hydrogens (primary N) is 1. The molecule has 84 valence electrons. The molecule has 0 fully saturated rings. The Balaban J connectivity index is 2.56. The van der Waals surface area contributed by atoms with Gasteiger partial charge in [-0.05, 0) is 6.07 Å². The summed E-state index contributed by atoms with van der Waals surface area (Å²) < 4.78 is 4.83. The van der Waals surface area contributed by atoms with E-state index in [4.69, 9.17) is 10.5 Å². The molecule has 1 aromatic rings. The fourth-order valence-electron chi connectivity index (χ4n) is 1.23. The molecule has 0 saturated heterocycles. The normalized spacial score (nSPS) is 12.5. The van der Waals surface area contributed by atoms with Gasteiger partial charge < -0.3 is 20.5 Å².